The van der Waals surface area contributed by atoms with Gasteiger partial charge in [0.1, 0.15) is 5.92 Å². The van der Waals surface area contributed by atoms with Crippen LogP contribution in [-0.2, 0) is 19.1 Å². The maximum atomic E-state index is 12.6. The van der Waals surface area contributed by atoms with Crippen LogP contribution in [0.4, 0.5) is 0 Å². The second-order valence-electron chi connectivity index (χ2n) is 5.70. The zero-order chi connectivity index (χ0) is 16.2. The molecule has 1 aromatic carbocycles. The van der Waals surface area contributed by atoms with Crippen LogP contribution in [0.5, 0.6) is 0 Å². The Hall–Kier alpha value is -2.36. The SMILES string of the molecule is CCOC(=O)C1C(=O)C2=C(CCCO2)C1/C=C/c1ccccc1. The van der Waals surface area contributed by atoms with Crippen molar-refractivity contribution in [2.75, 3.05) is 13.2 Å². The molecule has 1 heterocycles. The fourth-order valence-corrected chi connectivity index (χ4v) is 3.19. The van der Waals surface area contributed by atoms with E-state index in [0.717, 1.165) is 24.0 Å². The van der Waals surface area contributed by atoms with Crippen LogP contribution in [-0.4, -0.2) is 25.0 Å². The third-order valence-electron chi connectivity index (χ3n) is 4.23. The fraction of sp³-hybridized carbons (Fsp3) is 0.368. The lowest BCUT2D eigenvalue weighted by atomic mass is 9.88. The first-order valence-electron chi connectivity index (χ1n) is 8.02. The highest BCUT2D eigenvalue weighted by molar-refractivity contribution is 6.11. The molecule has 1 aromatic rings. The zero-order valence-corrected chi connectivity index (χ0v) is 13.2. The van der Waals surface area contributed by atoms with Gasteiger partial charge in [0.25, 0.3) is 0 Å². The number of ketones is 1. The third-order valence-corrected chi connectivity index (χ3v) is 4.23. The van der Waals surface area contributed by atoms with Crippen molar-refractivity contribution >= 4 is 17.8 Å². The largest absolute Gasteiger partial charge is 0.490 e. The number of rotatable bonds is 4. The van der Waals surface area contributed by atoms with Crippen LogP contribution in [0.25, 0.3) is 6.08 Å². The van der Waals surface area contributed by atoms with Crippen molar-refractivity contribution in [3.05, 3.63) is 53.3 Å². The molecule has 0 aromatic heterocycles. The normalized spacial score (nSPS) is 23.8. The number of carbonyl (C=O) groups excluding carboxylic acids is 2. The summed E-state index contributed by atoms with van der Waals surface area (Å²) in [6.07, 6.45) is 5.55. The van der Waals surface area contributed by atoms with Gasteiger partial charge in [0.15, 0.2) is 5.76 Å². The van der Waals surface area contributed by atoms with Gasteiger partial charge in [0.05, 0.1) is 13.2 Å². The molecule has 1 aliphatic carbocycles. The molecule has 0 radical (unpaired) electrons. The predicted octanol–water partition coefficient (Wildman–Crippen LogP) is 3.14. The van der Waals surface area contributed by atoms with Gasteiger partial charge in [-0.3, -0.25) is 9.59 Å². The number of allylic oxidation sites excluding steroid dienone is 3. The Morgan fingerprint density at radius 2 is 2.13 bits per heavy atom. The van der Waals surface area contributed by atoms with Crippen LogP contribution in [0.1, 0.15) is 25.3 Å². The summed E-state index contributed by atoms with van der Waals surface area (Å²) >= 11 is 0. The van der Waals surface area contributed by atoms with Crippen molar-refractivity contribution in [1.29, 1.82) is 0 Å². The molecule has 2 aliphatic rings. The van der Waals surface area contributed by atoms with E-state index in [4.69, 9.17) is 9.47 Å². The predicted molar refractivity (Wildman–Crippen MR) is 86.3 cm³/mol. The molecule has 0 saturated heterocycles. The summed E-state index contributed by atoms with van der Waals surface area (Å²) in [5.41, 5.74) is 1.97. The second-order valence-corrected chi connectivity index (χ2v) is 5.70. The van der Waals surface area contributed by atoms with E-state index in [1.807, 2.05) is 42.5 Å². The monoisotopic (exact) mass is 312 g/mol. The van der Waals surface area contributed by atoms with Gasteiger partial charge in [-0.2, -0.15) is 0 Å². The number of hydrogen-bond donors (Lipinski definition) is 0. The van der Waals surface area contributed by atoms with Crippen molar-refractivity contribution in [3.8, 4) is 0 Å². The average molecular weight is 312 g/mol. The molecule has 3 rings (SSSR count). The number of hydrogen-bond acceptors (Lipinski definition) is 4. The lowest BCUT2D eigenvalue weighted by Gasteiger charge is -2.18. The van der Waals surface area contributed by atoms with E-state index in [0.29, 0.717) is 12.4 Å². The lowest BCUT2D eigenvalue weighted by molar-refractivity contribution is -0.151. The number of benzene rings is 1. The van der Waals surface area contributed by atoms with E-state index in [1.165, 1.54) is 0 Å². The molecule has 0 saturated carbocycles. The molecule has 120 valence electrons. The van der Waals surface area contributed by atoms with Gasteiger partial charge in [-0.1, -0.05) is 42.5 Å². The Bertz CT molecular complexity index is 657. The molecular formula is C19H20O4. The minimum atomic E-state index is -0.807. The molecule has 4 heteroatoms. The molecule has 2 unspecified atom stereocenters. The molecule has 4 nitrogen and oxygen atoms in total. The summed E-state index contributed by atoms with van der Waals surface area (Å²) in [4.78, 5) is 24.8. The van der Waals surface area contributed by atoms with Crippen molar-refractivity contribution in [2.24, 2.45) is 11.8 Å². The fourth-order valence-electron chi connectivity index (χ4n) is 3.19. The molecule has 1 aliphatic heterocycles. The van der Waals surface area contributed by atoms with Gasteiger partial charge >= 0.3 is 5.97 Å². The van der Waals surface area contributed by atoms with Crippen LogP contribution in [0, 0.1) is 11.8 Å². The first-order chi connectivity index (χ1) is 11.2. The number of carbonyl (C=O) groups is 2. The zero-order valence-electron chi connectivity index (χ0n) is 13.2. The van der Waals surface area contributed by atoms with Gasteiger partial charge in [-0.15, -0.1) is 0 Å². The Kier molecular flexibility index (Phi) is 4.60. The smallest absolute Gasteiger partial charge is 0.317 e. The molecule has 0 amide bonds. The minimum absolute atomic E-state index is 0.235. The van der Waals surface area contributed by atoms with Gasteiger partial charge in [0, 0.05) is 5.92 Å². The Balaban J connectivity index is 1.91. The third kappa shape index (κ3) is 3.07. The summed E-state index contributed by atoms with van der Waals surface area (Å²) in [5, 5.41) is 0. The van der Waals surface area contributed by atoms with Gasteiger partial charge < -0.3 is 9.47 Å². The summed E-state index contributed by atoms with van der Waals surface area (Å²) in [6.45, 7) is 2.55. The van der Waals surface area contributed by atoms with Crippen molar-refractivity contribution in [3.63, 3.8) is 0 Å². The van der Waals surface area contributed by atoms with E-state index in [2.05, 4.69) is 0 Å². The Labute approximate surface area is 135 Å². The maximum Gasteiger partial charge on any atom is 0.317 e. The highest BCUT2D eigenvalue weighted by atomic mass is 16.5. The standard InChI is InChI=1S/C19H20O4/c1-2-22-19(21)16-14(11-10-13-7-4-3-5-8-13)15-9-6-12-23-18(15)17(16)20/h3-5,7-8,10-11,14,16H,2,6,9,12H2,1H3/b11-10+. The van der Waals surface area contributed by atoms with Crippen LogP contribution in [0.15, 0.2) is 47.7 Å². The van der Waals surface area contributed by atoms with E-state index in [1.54, 1.807) is 6.92 Å². The number of ether oxygens (including phenoxy) is 2. The average Bonchev–Trinajstić information content (AvgIpc) is 2.87. The molecular weight excluding hydrogens is 292 g/mol. The molecule has 0 bridgehead atoms. The van der Waals surface area contributed by atoms with Crippen LogP contribution < -0.4 is 0 Å². The second kappa shape index (κ2) is 6.82. The lowest BCUT2D eigenvalue weighted by Crippen LogP contribution is -2.28. The quantitative estimate of drug-likeness (QED) is 0.633. The van der Waals surface area contributed by atoms with Crippen molar-refractivity contribution in [2.45, 2.75) is 19.8 Å². The van der Waals surface area contributed by atoms with Crippen LogP contribution >= 0.6 is 0 Å². The number of esters is 1. The van der Waals surface area contributed by atoms with Crippen LogP contribution in [0.2, 0.25) is 0 Å². The molecule has 0 N–H and O–H groups in total. The molecule has 23 heavy (non-hydrogen) atoms. The summed E-state index contributed by atoms with van der Waals surface area (Å²) in [5.74, 6) is -1.38. The van der Waals surface area contributed by atoms with E-state index >= 15 is 0 Å². The molecule has 0 fully saturated rings. The van der Waals surface area contributed by atoms with Crippen molar-refractivity contribution in [1.82, 2.24) is 0 Å². The van der Waals surface area contributed by atoms with Crippen LogP contribution in [0.3, 0.4) is 0 Å². The minimum Gasteiger partial charge on any atom is -0.490 e. The Morgan fingerprint density at radius 3 is 2.87 bits per heavy atom. The van der Waals surface area contributed by atoms with E-state index in [-0.39, 0.29) is 18.3 Å². The maximum absolute atomic E-state index is 12.6. The topological polar surface area (TPSA) is 52.6 Å². The van der Waals surface area contributed by atoms with Gasteiger partial charge in [0.2, 0.25) is 5.78 Å². The first-order valence-corrected chi connectivity index (χ1v) is 8.02. The van der Waals surface area contributed by atoms with Gasteiger partial charge in [-0.25, -0.2) is 0 Å². The molecule has 0 spiro atoms. The number of Topliss-reactive ketones (excluding diaryl/α,β-unsaturated/α-hetero) is 1. The highest BCUT2D eigenvalue weighted by Crippen LogP contribution is 2.41. The summed E-state index contributed by atoms with van der Waals surface area (Å²) < 4.78 is 10.7. The highest BCUT2D eigenvalue weighted by Gasteiger charge is 2.47. The van der Waals surface area contributed by atoms with E-state index in [9.17, 15) is 9.59 Å². The Morgan fingerprint density at radius 1 is 1.35 bits per heavy atom. The summed E-state index contributed by atoms with van der Waals surface area (Å²) in [7, 11) is 0. The molecule has 2 atom stereocenters. The van der Waals surface area contributed by atoms with Gasteiger partial charge in [-0.05, 0) is 30.9 Å². The first kappa shape index (κ1) is 15.5. The van der Waals surface area contributed by atoms with Crippen molar-refractivity contribution < 1.29 is 19.1 Å². The van der Waals surface area contributed by atoms with E-state index < -0.39 is 11.9 Å². The summed E-state index contributed by atoms with van der Waals surface area (Å²) in [6, 6.07) is 9.83.